The molecule has 1 aromatic heterocycles. The van der Waals surface area contributed by atoms with Crippen LogP contribution in [0.5, 0.6) is 0 Å². The molecule has 2 saturated heterocycles. The lowest BCUT2D eigenvalue weighted by atomic mass is 9.93. The van der Waals surface area contributed by atoms with E-state index in [1.165, 1.54) is 0 Å². The number of aromatic nitrogens is 1. The van der Waals surface area contributed by atoms with Crippen molar-refractivity contribution in [2.45, 2.75) is 37.0 Å². The monoisotopic (exact) mass is 452 g/mol. The van der Waals surface area contributed by atoms with Gasteiger partial charge in [0.2, 0.25) is 5.91 Å². The van der Waals surface area contributed by atoms with Crippen molar-refractivity contribution in [3.8, 4) is 0 Å². The van der Waals surface area contributed by atoms with Gasteiger partial charge in [0, 0.05) is 24.5 Å². The molecule has 0 aromatic carbocycles. The van der Waals surface area contributed by atoms with Gasteiger partial charge in [0.05, 0.1) is 28.9 Å². The Morgan fingerprint density at radius 2 is 2.07 bits per heavy atom. The highest BCUT2D eigenvalue weighted by Crippen LogP contribution is 2.46. The molecule has 2 aliphatic heterocycles. The summed E-state index contributed by atoms with van der Waals surface area (Å²) in [5.41, 5.74) is 2.02. The van der Waals surface area contributed by atoms with Gasteiger partial charge < -0.3 is 14.7 Å². The number of nitrogens with zero attached hydrogens (tertiary/aromatic N) is 2. The first kappa shape index (κ1) is 23.8. The number of hydrogen-bond donors (Lipinski definition) is 1. The van der Waals surface area contributed by atoms with E-state index < -0.39 is 12.1 Å². The first-order chi connectivity index (χ1) is 13.5. The second kappa shape index (κ2) is 10.0. The first-order valence-electron chi connectivity index (χ1n) is 8.79. The number of carboxylic acids is 1. The first-order valence-corrected chi connectivity index (χ1v) is 11.2. The number of halogens is 3. The summed E-state index contributed by atoms with van der Waals surface area (Å²) in [5, 5.41) is 7.12. The standard InChI is InChI=1S/C16H22N2O2S2.C2HF3O2/c1-12-4-3-5-13(17-12)7-20-14-6-16(22-8-14)10-18(11-16)15(19)9-21-2;3-2(4,5)1(6)7/h3-5,14H,6-11H2,1-2H3;(H,6,7). The van der Waals surface area contributed by atoms with Crippen LogP contribution >= 0.6 is 23.5 Å². The Balaban J connectivity index is 0.000000370. The van der Waals surface area contributed by atoms with Gasteiger partial charge in [-0.25, -0.2) is 4.79 Å². The molecule has 3 rings (SSSR count). The van der Waals surface area contributed by atoms with Crippen LogP contribution in [0.3, 0.4) is 0 Å². The average Bonchev–Trinajstić information content (AvgIpc) is 3.03. The Morgan fingerprint density at radius 3 is 2.62 bits per heavy atom. The van der Waals surface area contributed by atoms with Gasteiger partial charge in [0.15, 0.2) is 0 Å². The third-order valence-electron chi connectivity index (χ3n) is 4.41. The summed E-state index contributed by atoms with van der Waals surface area (Å²) in [6.45, 7) is 4.36. The second-order valence-electron chi connectivity index (χ2n) is 6.89. The van der Waals surface area contributed by atoms with Crippen molar-refractivity contribution in [2.75, 3.05) is 30.9 Å². The highest BCUT2D eigenvalue weighted by atomic mass is 32.2. The number of ether oxygens (including phenoxy) is 1. The maximum Gasteiger partial charge on any atom is 0.490 e. The van der Waals surface area contributed by atoms with Gasteiger partial charge >= 0.3 is 12.1 Å². The molecular formula is C18H23F3N2O4S2. The number of aryl methyl sites for hydroxylation is 1. The summed E-state index contributed by atoms with van der Waals surface area (Å²) < 4.78 is 38.0. The molecular weight excluding hydrogens is 429 g/mol. The molecule has 2 fully saturated rings. The Kier molecular flexibility index (Phi) is 8.24. The molecule has 6 nitrogen and oxygen atoms in total. The van der Waals surface area contributed by atoms with Gasteiger partial charge in [0.25, 0.3) is 0 Å². The minimum atomic E-state index is -5.08. The van der Waals surface area contributed by atoms with Crippen LogP contribution in [0.1, 0.15) is 17.8 Å². The van der Waals surface area contributed by atoms with E-state index >= 15 is 0 Å². The molecule has 1 amide bonds. The van der Waals surface area contributed by atoms with Crippen LogP contribution in [0.2, 0.25) is 0 Å². The van der Waals surface area contributed by atoms with Crippen LogP contribution in [0, 0.1) is 6.92 Å². The maximum absolute atomic E-state index is 11.8. The number of aliphatic carboxylic acids is 1. The van der Waals surface area contributed by atoms with E-state index in [2.05, 4.69) is 4.98 Å². The van der Waals surface area contributed by atoms with Crippen molar-refractivity contribution < 1.29 is 32.6 Å². The van der Waals surface area contributed by atoms with Gasteiger partial charge in [-0.1, -0.05) is 6.07 Å². The van der Waals surface area contributed by atoms with E-state index in [1.807, 2.05) is 48.0 Å². The van der Waals surface area contributed by atoms with E-state index in [-0.39, 0.29) is 16.8 Å². The van der Waals surface area contributed by atoms with Crippen LogP contribution < -0.4 is 0 Å². The minimum absolute atomic E-state index is 0.249. The molecule has 0 radical (unpaired) electrons. The fraction of sp³-hybridized carbons (Fsp3) is 0.611. The van der Waals surface area contributed by atoms with E-state index in [9.17, 15) is 18.0 Å². The molecule has 0 bridgehead atoms. The zero-order chi connectivity index (χ0) is 21.7. The number of thioether (sulfide) groups is 2. The Bertz CT molecular complexity index is 727. The highest BCUT2D eigenvalue weighted by Gasteiger charge is 2.50. The second-order valence-corrected chi connectivity index (χ2v) is 9.24. The van der Waals surface area contributed by atoms with Crippen molar-refractivity contribution in [1.29, 1.82) is 0 Å². The molecule has 162 valence electrons. The van der Waals surface area contributed by atoms with Gasteiger partial charge in [-0.2, -0.15) is 24.9 Å². The van der Waals surface area contributed by atoms with E-state index in [0.29, 0.717) is 12.4 Å². The van der Waals surface area contributed by atoms with Crippen molar-refractivity contribution >= 4 is 35.4 Å². The molecule has 11 heteroatoms. The van der Waals surface area contributed by atoms with E-state index in [4.69, 9.17) is 14.6 Å². The number of amides is 1. The fourth-order valence-corrected chi connectivity index (χ4v) is 5.03. The summed E-state index contributed by atoms with van der Waals surface area (Å²) in [5.74, 6) is -0.865. The summed E-state index contributed by atoms with van der Waals surface area (Å²) in [6, 6.07) is 6.03. The lowest BCUT2D eigenvalue weighted by Gasteiger charge is -2.47. The van der Waals surface area contributed by atoms with Crippen LogP contribution in [-0.2, 0) is 20.9 Å². The van der Waals surface area contributed by atoms with Gasteiger partial charge in [-0.05, 0) is 31.7 Å². The number of carbonyl (C=O) groups is 2. The number of rotatable bonds is 5. The Morgan fingerprint density at radius 1 is 1.41 bits per heavy atom. The van der Waals surface area contributed by atoms with Crippen LogP contribution in [0.4, 0.5) is 13.2 Å². The van der Waals surface area contributed by atoms with Gasteiger partial charge in [-0.15, -0.1) is 11.8 Å². The topological polar surface area (TPSA) is 79.7 Å². The number of alkyl halides is 3. The molecule has 29 heavy (non-hydrogen) atoms. The lowest BCUT2D eigenvalue weighted by Crippen LogP contribution is -2.61. The van der Waals surface area contributed by atoms with Crippen molar-refractivity contribution in [3.63, 3.8) is 0 Å². The molecule has 1 atom stereocenters. The SMILES string of the molecule is CSCC(=O)N1CC2(CC(OCc3cccc(C)n3)CS2)C1.O=C(O)C(F)(F)F. The highest BCUT2D eigenvalue weighted by molar-refractivity contribution is 8.01. The maximum atomic E-state index is 11.8. The third-order valence-corrected chi connectivity index (χ3v) is 6.52. The van der Waals surface area contributed by atoms with E-state index in [0.717, 1.165) is 36.7 Å². The third kappa shape index (κ3) is 7.07. The zero-order valence-corrected chi connectivity index (χ0v) is 17.7. The number of carboxylic acid groups (broad SMARTS) is 1. The summed E-state index contributed by atoms with van der Waals surface area (Å²) in [6.07, 6.45) is -1.78. The largest absolute Gasteiger partial charge is 0.490 e. The molecule has 2 aliphatic rings. The number of likely N-dealkylation sites (tertiary alicyclic amines) is 1. The summed E-state index contributed by atoms with van der Waals surface area (Å²) in [4.78, 5) is 27.2. The van der Waals surface area contributed by atoms with Crippen molar-refractivity contribution in [2.24, 2.45) is 0 Å². The molecule has 0 aliphatic carbocycles. The van der Waals surface area contributed by atoms with Gasteiger partial charge in [0.1, 0.15) is 0 Å². The molecule has 1 N–H and O–H groups in total. The quantitative estimate of drug-likeness (QED) is 0.736. The van der Waals surface area contributed by atoms with E-state index in [1.54, 1.807) is 11.8 Å². The van der Waals surface area contributed by atoms with Crippen molar-refractivity contribution in [3.05, 3.63) is 29.6 Å². The number of hydrogen-bond acceptors (Lipinski definition) is 6. The zero-order valence-electron chi connectivity index (χ0n) is 16.1. The van der Waals surface area contributed by atoms with Crippen LogP contribution in [0.15, 0.2) is 18.2 Å². The summed E-state index contributed by atoms with van der Waals surface area (Å²) >= 11 is 3.57. The number of carbonyl (C=O) groups excluding carboxylic acids is 1. The minimum Gasteiger partial charge on any atom is -0.475 e. The normalized spacial score (nSPS) is 20.0. The predicted molar refractivity (Wildman–Crippen MR) is 106 cm³/mol. The molecule has 1 spiro atoms. The van der Waals surface area contributed by atoms with Gasteiger partial charge in [-0.3, -0.25) is 9.78 Å². The lowest BCUT2D eigenvalue weighted by molar-refractivity contribution is -0.192. The van der Waals surface area contributed by atoms with Crippen LogP contribution in [-0.4, -0.2) is 74.7 Å². The van der Waals surface area contributed by atoms with Crippen molar-refractivity contribution in [1.82, 2.24) is 9.88 Å². The Labute approximate surface area is 175 Å². The Hall–Kier alpha value is -1.46. The number of pyridine rings is 1. The molecule has 0 saturated carbocycles. The molecule has 1 aromatic rings. The summed E-state index contributed by atoms with van der Waals surface area (Å²) in [7, 11) is 0. The predicted octanol–water partition coefficient (Wildman–Crippen LogP) is 2.99. The average molecular weight is 453 g/mol. The smallest absolute Gasteiger partial charge is 0.475 e. The molecule has 1 unspecified atom stereocenters. The van der Waals surface area contributed by atoms with Crippen LogP contribution in [0.25, 0.3) is 0 Å². The fourth-order valence-electron chi connectivity index (χ4n) is 3.05. The molecule has 3 heterocycles.